The van der Waals surface area contributed by atoms with Gasteiger partial charge in [-0.1, -0.05) is 29.8 Å². The molecule has 0 saturated carbocycles. The Morgan fingerprint density at radius 3 is 2.50 bits per heavy atom. The maximum atomic E-state index is 10.8. The summed E-state index contributed by atoms with van der Waals surface area (Å²) in [6.45, 7) is 7.12. The van der Waals surface area contributed by atoms with Crippen molar-refractivity contribution in [1.29, 1.82) is 0 Å². The number of rotatable bonds is 4. The smallest absolute Gasteiger partial charge is 0.0846 e. The molecule has 4 rings (SSSR count). The van der Waals surface area contributed by atoms with Gasteiger partial charge in [0.05, 0.1) is 24.9 Å². The second kappa shape index (κ2) is 7.20. The van der Waals surface area contributed by atoms with Crippen LogP contribution in [-0.4, -0.2) is 52.5 Å². The number of aliphatic hydroxyl groups excluding tert-OH is 1. The van der Waals surface area contributed by atoms with E-state index in [1.165, 1.54) is 5.39 Å². The summed E-state index contributed by atoms with van der Waals surface area (Å²) in [6, 6.07) is 14.3. The molecule has 26 heavy (non-hydrogen) atoms. The molecule has 1 aromatic heterocycles. The highest BCUT2D eigenvalue weighted by Crippen LogP contribution is 2.31. The Morgan fingerprint density at radius 1 is 1.04 bits per heavy atom. The lowest BCUT2D eigenvalue weighted by atomic mass is 10.2. The molecular formula is C21H25ClN2O2. The fourth-order valence-electron chi connectivity index (χ4n) is 4.22. The minimum Gasteiger partial charge on any atom is -0.390 e. The number of morpholine rings is 1. The van der Waals surface area contributed by atoms with Crippen LogP contribution in [0.25, 0.3) is 21.8 Å². The second-order valence-electron chi connectivity index (χ2n) is 7.42. The van der Waals surface area contributed by atoms with Gasteiger partial charge in [0.15, 0.2) is 0 Å². The number of hydrogen-bond donors (Lipinski definition) is 1. The maximum absolute atomic E-state index is 10.8. The van der Waals surface area contributed by atoms with Gasteiger partial charge in [-0.2, -0.15) is 0 Å². The molecule has 3 atom stereocenters. The zero-order valence-electron chi connectivity index (χ0n) is 15.2. The maximum Gasteiger partial charge on any atom is 0.0846 e. The quantitative estimate of drug-likeness (QED) is 0.754. The lowest BCUT2D eigenvalue weighted by molar-refractivity contribution is -0.0771. The molecule has 138 valence electrons. The van der Waals surface area contributed by atoms with Crippen LogP contribution >= 0.6 is 11.6 Å². The van der Waals surface area contributed by atoms with Crippen LogP contribution in [0.1, 0.15) is 13.8 Å². The molecule has 5 heteroatoms. The van der Waals surface area contributed by atoms with Gasteiger partial charge in [0.2, 0.25) is 0 Å². The molecule has 1 N–H and O–H groups in total. The number of benzene rings is 2. The molecule has 0 amide bonds. The number of β-amino-alcohol motifs (C(OH)–C–C–N with tert-alkyl or cyclic N) is 1. The molecule has 2 heterocycles. The Kier molecular flexibility index (Phi) is 4.93. The van der Waals surface area contributed by atoms with Gasteiger partial charge in [0.25, 0.3) is 0 Å². The van der Waals surface area contributed by atoms with Crippen LogP contribution < -0.4 is 0 Å². The normalized spacial score (nSPS) is 22.9. The van der Waals surface area contributed by atoms with Crippen molar-refractivity contribution in [2.45, 2.75) is 38.7 Å². The van der Waals surface area contributed by atoms with E-state index in [1.807, 2.05) is 30.3 Å². The van der Waals surface area contributed by atoms with Crippen molar-refractivity contribution in [2.24, 2.45) is 0 Å². The third-order valence-corrected chi connectivity index (χ3v) is 5.33. The first-order valence-corrected chi connectivity index (χ1v) is 9.61. The van der Waals surface area contributed by atoms with Crippen LogP contribution in [0.4, 0.5) is 0 Å². The molecule has 4 nitrogen and oxygen atoms in total. The van der Waals surface area contributed by atoms with E-state index < -0.39 is 6.10 Å². The minimum absolute atomic E-state index is 0.210. The summed E-state index contributed by atoms with van der Waals surface area (Å²) in [5.41, 5.74) is 2.24. The molecule has 1 aliphatic heterocycles. The van der Waals surface area contributed by atoms with Crippen molar-refractivity contribution >= 4 is 33.4 Å². The Balaban J connectivity index is 1.61. The van der Waals surface area contributed by atoms with Gasteiger partial charge in [-0.05, 0) is 38.1 Å². The Morgan fingerprint density at radius 2 is 1.73 bits per heavy atom. The average Bonchev–Trinajstić information content (AvgIpc) is 2.87. The van der Waals surface area contributed by atoms with Crippen LogP contribution in [0.5, 0.6) is 0 Å². The van der Waals surface area contributed by atoms with Crippen molar-refractivity contribution in [3.63, 3.8) is 0 Å². The highest BCUT2D eigenvalue weighted by molar-refractivity contribution is 6.31. The molecule has 2 aromatic carbocycles. The number of nitrogens with zero attached hydrogens (tertiary/aromatic N) is 2. The summed E-state index contributed by atoms with van der Waals surface area (Å²) < 4.78 is 8.00. The number of aliphatic hydroxyl groups is 1. The van der Waals surface area contributed by atoms with Crippen molar-refractivity contribution in [2.75, 3.05) is 19.6 Å². The Bertz CT molecular complexity index is 913. The summed E-state index contributed by atoms with van der Waals surface area (Å²) in [7, 11) is 0. The van der Waals surface area contributed by atoms with Gasteiger partial charge in [-0.15, -0.1) is 0 Å². The molecule has 3 aromatic rings. The van der Waals surface area contributed by atoms with E-state index in [4.69, 9.17) is 16.3 Å². The highest BCUT2D eigenvalue weighted by atomic mass is 35.5. The molecule has 0 spiro atoms. The first kappa shape index (κ1) is 17.8. The molecule has 0 aliphatic carbocycles. The van der Waals surface area contributed by atoms with E-state index >= 15 is 0 Å². The summed E-state index contributed by atoms with van der Waals surface area (Å²) in [4.78, 5) is 2.30. The van der Waals surface area contributed by atoms with E-state index in [2.05, 4.69) is 35.4 Å². The molecule has 0 bridgehead atoms. The third kappa shape index (κ3) is 3.47. The van der Waals surface area contributed by atoms with E-state index in [9.17, 15) is 5.11 Å². The van der Waals surface area contributed by atoms with E-state index in [0.717, 1.165) is 34.5 Å². The van der Waals surface area contributed by atoms with Crippen LogP contribution in [0, 0.1) is 0 Å². The predicted molar refractivity (Wildman–Crippen MR) is 107 cm³/mol. The fraction of sp³-hybridized carbons (Fsp3) is 0.429. The topological polar surface area (TPSA) is 37.6 Å². The van der Waals surface area contributed by atoms with E-state index in [0.29, 0.717) is 13.1 Å². The summed E-state index contributed by atoms with van der Waals surface area (Å²) in [5, 5.41) is 13.8. The SMILES string of the molecule is CC1CN(CC(O)Cn2c3ccccc3c3cc(Cl)ccc32)CC(C)O1. The van der Waals surface area contributed by atoms with E-state index in [1.54, 1.807) is 0 Å². The number of para-hydroxylation sites is 1. The monoisotopic (exact) mass is 372 g/mol. The van der Waals surface area contributed by atoms with Crippen LogP contribution in [0.3, 0.4) is 0 Å². The molecule has 1 saturated heterocycles. The molecule has 1 fully saturated rings. The van der Waals surface area contributed by atoms with Gasteiger partial charge in [-0.3, -0.25) is 4.90 Å². The van der Waals surface area contributed by atoms with Gasteiger partial charge < -0.3 is 14.4 Å². The molecule has 1 aliphatic rings. The standard InChI is InChI=1S/C21H25ClN2O2/c1-14-10-23(11-15(2)26-14)12-17(25)13-24-20-6-4-3-5-18(20)19-9-16(22)7-8-21(19)24/h3-9,14-15,17,25H,10-13H2,1-2H3. The second-order valence-corrected chi connectivity index (χ2v) is 7.86. The van der Waals surface area contributed by atoms with E-state index in [-0.39, 0.29) is 12.2 Å². The number of fused-ring (bicyclic) bond motifs is 3. The van der Waals surface area contributed by atoms with Crippen molar-refractivity contribution in [3.05, 3.63) is 47.5 Å². The predicted octanol–water partition coefficient (Wildman–Crippen LogP) is 3.92. The van der Waals surface area contributed by atoms with Crippen LogP contribution in [-0.2, 0) is 11.3 Å². The summed E-state index contributed by atoms with van der Waals surface area (Å²) in [6.07, 6.45) is -0.0233. The Labute approximate surface area is 158 Å². The molecule has 3 unspecified atom stereocenters. The minimum atomic E-state index is -0.442. The van der Waals surface area contributed by atoms with Gasteiger partial charge in [0, 0.05) is 46.5 Å². The summed E-state index contributed by atoms with van der Waals surface area (Å²) >= 11 is 6.21. The van der Waals surface area contributed by atoms with Gasteiger partial charge in [0.1, 0.15) is 0 Å². The zero-order valence-corrected chi connectivity index (χ0v) is 16.0. The zero-order chi connectivity index (χ0) is 18.3. The lowest BCUT2D eigenvalue weighted by Gasteiger charge is -2.36. The highest BCUT2D eigenvalue weighted by Gasteiger charge is 2.24. The fourth-order valence-corrected chi connectivity index (χ4v) is 4.39. The molecular weight excluding hydrogens is 348 g/mol. The molecule has 0 radical (unpaired) electrons. The van der Waals surface area contributed by atoms with Crippen molar-refractivity contribution in [3.8, 4) is 0 Å². The number of hydrogen-bond acceptors (Lipinski definition) is 3. The van der Waals surface area contributed by atoms with Gasteiger partial charge >= 0.3 is 0 Å². The third-order valence-electron chi connectivity index (χ3n) is 5.09. The van der Waals surface area contributed by atoms with Crippen molar-refractivity contribution in [1.82, 2.24) is 9.47 Å². The van der Waals surface area contributed by atoms with Crippen molar-refractivity contribution < 1.29 is 9.84 Å². The largest absolute Gasteiger partial charge is 0.390 e. The first-order valence-electron chi connectivity index (χ1n) is 9.23. The number of ether oxygens (including phenoxy) is 1. The number of halogens is 1. The average molecular weight is 373 g/mol. The first-order chi connectivity index (χ1) is 12.5. The van der Waals surface area contributed by atoms with Crippen LogP contribution in [0.2, 0.25) is 5.02 Å². The van der Waals surface area contributed by atoms with Gasteiger partial charge in [-0.25, -0.2) is 0 Å². The summed E-state index contributed by atoms with van der Waals surface area (Å²) in [5.74, 6) is 0. The number of aromatic nitrogens is 1. The lowest BCUT2D eigenvalue weighted by Crippen LogP contribution is -2.48. The van der Waals surface area contributed by atoms with Crippen LogP contribution in [0.15, 0.2) is 42.5 Å². The Hall–Kier alpha value is -1.59.